The molecule has 1 aromatic carbocycles. The maximum absolute atomic E-state index is 13.5. The number of aryl methyl sites for hydroxylation is 2. The molecule has 2 aliphatic rings. The molecular weight excluding hydrogens is 457 g/mol. The number of carbonyl (C=O) groups excluding carboxylic acids is 2. The molecule has 1 saturated heterocycles. The lowest BCUT2D eigenvalue weighted by molar-refractivity contribution is -0.129. The Morgan fingerprint density at radius 2 is 1.90 bits per heavy atom. The quantitative estimate of drug-likeness (QED) is 0.605. The number of hydrogen-bond acceptors (Lipinski definition) is 6. The Bertz CT molecular complexity index is 1080. The van der Waals surface area contributed by atoms with Crippen LogP contribution in [0.15, 0.2) is 29.5 Å². The molecular formula is C22H23Cl2N3O3S. The van der Waals surface area contributed by atoms with Crippen LogP contribution in [-0.2, 0) is 4.79 Å². The monoisotopic (exact) mass is 479 g/mol. The number of aliphatic hydroxyl groups is 1. The zero-order valence-electron chi connectivity index (χ0n) is 17.3. The van der Waals surface area contributed by atoms with E-state index in [0.29, 0.717) is 39.3 Å². The number of thiazole rings is 1. The van der Waals surface area contributed by atoms with E-state index in [1.807, 2.05) is 6.92 Å². The fraction of sp³-hybridized carbons (Fsp3) is 0.409. The van der Waals surface area contributed by atoms with Crippen molar-refractivity contribution in [3.63, 3.8) is 0 Å². The van der Waals surface area contributed by atoms with E-state index in [-0.39, 0.29) is 11.4 Å². The second kappa shape index (κ2) is 8.90. The van der Waals surface area contributed by atoms with E-state index in [4.69, 9.17) is 23.2 Å². The van der Waals surface area contributed by atoms with Crippen molar-refractivity contribution in [1.29, 1.82) is 0 Å². The van der Waals surface area contributed by atoms with Crippen molar-refractivity contribution in [3.8, 4) is 0 Å². The van der Waals surface area contributed by atoms with Gasteiger partial charge in [0.05, 0.1) is 37.2 Å². The molecule has 4 rings (SSSR count). The molecule has 0 radical (unpaired) electrons. The average molecular weight is 480 g/mol. The number of ketones is 1. The molecule has 1 atom stereocenters. The number of carbonyl (C=O) groups is 2. The minimum absolute atomic E-state index is 0.0663. The summed E-state index contributed by atoms with van der Waals surface area (Å²) in [7, 11) is 0. The predicted octanol–water partition coefficient (Wildman–Crippen LogP) is 4.74. The molecule has 31 heavy (non-hydrogen) atoms. The normalized spacial score (nSPS) is 19.7. The lowest BCUT2D eigenvalue weighted by atomic mass is 9.95. The molecule has 6 nitrogen and oxygen atoms in total. The average Bonchev–Trinajstić information content (AvgIpc) is 3.42. The third-order valence-corrected chi connectivity index (χ3v) is 7.58. The second-order valence-electron chi connectivity index (χ2n) is 7.86. The van der Waals surface area contributed by atoms with E-state index in [1.165, 1.54) is 11.3 Å². The van der Waals surface area contributed by atoms with Crippen LogP contribution < -0.4 is 0 Å². The summed E-state index contributed by atoms with van der Waals surface area (Å²) >= 11 is 13.6. The van der Waals surface area contributed by atoms with E-state index in [1.54, 1.807) is 30.0 Å². The van der Waals surface area contributed by atoms with Gasteiger partial charge in [0.2, 0.25) is 5.78 Å². The Balaban J connectivity index is 1.74. The van der Waals surface area contributed by atoms with E-state index >= 15 is 0 Å². The van der Waals surface area contributed by atoms with Gasteiger partial charge in [0.25, 0.3) is 5.91 Å². The number of rotatable bonds is 6. The maximum atomic E-state index is 13.5. The van der Waals surface area contributed by atoms with Crippen LogP contribution in [0.25, 0.3) is 0 Å². The van der Waals surface area contributed by atoms with Gasteiger partial charge in [-0.05, 0) is 57.5 Å². The van der Waals surface area contributed by atoms with Crippen LogP contribution in [0.1, 0.15) is 44.8 Å². The third-order valence-electron chi connectivity index (χ3n) is 5.77. The van der Waals surface area contributed by atoms with Gasteiger partial charge in [-0.3, -0.25) is 9.59 Å². The van der Waals surface area contributed by atoms with Crippen LogP contribution in [0.4, 0.5) is 0 Å². The number of hydrogen-bond donors (Lipinski definition) is 1. The number of Topliss-reactive ketones (excluding diaryl/α,β-unsaturated/α-hetero) is 1. The predicted molar refractivity (Wildman–Crippen MR) is 122 cm³/mol. The summed E-state index contributed by atoms with van der Waals surface area (Å²) in [5, 5.41) is 12.2. The summed E-state index contributed by atoms with van der Waals surface area (Å²) in [5.41, 5.74) is 1.29. The highest BCUT2D eigenvalue weighted by atomic mass is 35.5. The van der Waals surface area contributed by atoms with Crippen molar-refractivity contribution in [2.24, 2.45) is 0 Å². The first-order chi connectivity index (χ1) is 14.8. The summed E-state index contributed by atoms with van der Waals surface area (Å²) in [6, 6.07) is 4.30. The van der Waals surface area contributed by atoms with Crippen molar-refractivity contribution in [2.75, 3.05) is 26.2 Å². The van der Waals surface area contributed by atoms with Crippen LogP contribution in [0.3, 0.4) is 0 Å². The molecule has 164 valence electrons. The van der Waals surface area contributed by atoms with Crippen molar-refractivity contribution in [3.05, 3.63) is 60.7 Å². The van der Waals surface area contributed by atoms with Gasteiger partial charge in [-0.2, -0.15) is 0 Å². The molecule has 9 heteroatoms. The molecule has 2 aromatic rings. The Kier molecular flexibility index (Phi) is 6.40. The SMILES string of the molecule is Cc1nc(C)c(C(=O)C2=C(O)C(=O)N(CCN3CCCC3)C2c2ccc(Cl)c(Cl)c2)s1. The van der Waals surface area contributed by atoms with Crippen molar-refractivity contribution >= 4 is 46.2 Å². The smallest absolute Gasteiger partial charge is 0.290 e. The molecule has 0 spiro atoms. The highest BCUT2D eigenvalue weighted by Gasteiger charge is 2.44. The van der Waals surface area contributed by atoms with Gasteiger partial charge in [0, 0.05) is 13.1 Å². The second-order valence-corrected chi connectivity index (χ2v) is 9.88. The topological polar surface area (TPSA) is 73.7 Å². The molecule has 0 saturated carbocycles. The number of amides is 1. The van der Waals surface area contributed by atoms with Crippen molar-refractivity contribution < 1.29 is 14.7 Å². The van der Waals surface area contributed by atoms with Crippen LogP contribution in [0, 0.1) is 13.8 Å². The van der Waals surface area contributed by atoms with E-state index < -0.39 is 17.7 Å². The van der Waals surface area contributed by atoms with E-state index in [9.17, 15) is 14.7 Å². The number of nitrogens with zero attached hydrogens (tertiary/aromatic N) is 3. The molecule has 1 aromatic heterocycles. The highest BCUT2D eigenvalue weighted by molar-refractivity contribution is 7.14. The minimum atomic E-state index is -0.737. The first kappa shape index (κ1) is 22.3. The highest BCUT2D eigenvalue weighted by Crippen LogP contribution is 2.41. The van der Waals surface area contributed by atoms with E-state index in [0.717, 1.165) is 30.9 Å². The first-order valence-corrected chi connectivity index (χ1v) is 11.7. The Morgan fingerprint density at radius 3 is 2.52 bits per heavy atom. The van der Waals surface area contributed by atoms with Crippen LogP contribution in [0.2, 0.25) is 10.0 Å². The third kappa shape index (κ3) is 4.24. The number of aliphatic hydroxyl groups excluding tert-OH is 1. The largest absolute Gasteiger partial charge is 0.503 e. The van der Waals surface area contributed by atoms with Crippen LogP contribution >= 0.6 is 34.5 Å². The van der Waals surface area contributed by atoms with E-state index in [2.05, 4.69) is 9.88 Å². The van der Waals surface area contributed by atoms with Crippen molar-refractivity contribution in [1.82, 2.24) is 14.8 Å². The summed E-state index contributed by atoms with van der Waals surface area (Å²) in [4.78, 5) is 35.1. The molecule has 1 N–H and O–H groups in total. The standard InChI is InChI=1S/C22H23Cl2N3O3S/c1-12-21(31-13(2)25-12)19(28)17-18(14-5-6-15(23)16(24)11-14)27(22(30)20(17)29)10-9-26-7-3-4-8-26/h5-6,11,18,29H,3-4,7-10H2,1-2H3. The number of halogens is 2. The van der Waals surface area contributed by atoms with Gasteiger partial charge in [-0.15, -0.1) is 11.3 Å². The van der Waals surface area contributed by atoms with Crippen LogP contribution in [0.5, 0.6) is 0 Å². The van der Waals surface area contributed by atoms with Gasteiger partial charge in [-0.1, -0.05) is 29.3 Å². The van der Waals surface area contributed by atoms with Crippen molar-refractivity contribution in [2.45, 2.75) is 32.7 Å². The Morgan fingerprint density at radius 1 is 1.19 bits per heavy atom. The molecule has 3 heterocycles. The van der Waals surface area contributed by atoms with Crippen LogP contribution in [-0.4, -0.2) is 57.8 Å². The number of likely N-dealkylation sites (tertiary alicyclic amines) is 1. The molecule has 0 aliphatic carbocycles. The minimum Gasteiger partial charge on any atom is -0.503 e. The molecule has 2 aliphatic heterocycles. The van der Waals surface area contributed by atoms with Gasteiger partial charge in [0.1, 0.15) is 0 Å². The fourth-order valence-electron chi connectivity index (χ4n) is 4.26. The molecule has 0 bridgehead atoms. The summed E-state index contributed by atoms with van der Waals surface area (Å²) < 4.78 is 0. The van der Waals surface area contributed by atoms with Gasteiger partial charge in [-0.25, -0.2) is 4.98 Å². The Labute approximate surface area is 195 Å². The van der Waals surface area contributed by atoms with Gasteiger partial charge in [0.15, 0.2) is 5.76 Å². The van der Waals surface area contributed by atoms with Gasteiger partial charge < -0.3 is 14.9 Å². The maximum Gasteiger partial charge on any atom is 0.290 e. The molecule has 1 fully saturated rings. The summed E-state index contributed by atoms with van der Waals surface area (Å²) in [5.74, 6) is -1.43. The Hall–Kier alpha value is -1.93. The number of aromatic nitrogens is 1. The fourth-order valence-corrected chi connectivity index (χ4v) is 5.45. The lowest BCUT2D eigenvalue weighted by Crippen LogP contribution is -2.37. The van der Waals surface area contributed by atoms with Gasteiger partial charge >= 0.3 is 0 Å². The molecule has 1 amide bonds. The number of benzene rings is 1. The summed E-state index contributed by atoms with van der Waals surface area (Å²) in [6.07, 6.45) is 2.28. The zero-order valence-corrected chi connectivity index (χ0v) is 19.6. The zero-order chi connectivity index (χ0) is 22.3. The molecule has 1 unspecified atom stereocenters. The lowest BCUT2D eigenvalue weighted by Gasteiger charge is -2.28. The first-order valence-electron chi connectivity index (χ1n) is 10.2. The summed E-state index contributed by atoms with van der Waals surface area (Å²) in [6.45, 7) is 6.63.